The topological polar surface area (TPSA) is 99.5 Å². The molecule has 1 aliphatic heterocycles. The molecule has 0 saturated carbocycles. The lowest BCUT2D eigenvalue weighted by atomic mass is 10.2. The lowest BCUT2D eigenvalue weighted by Gasteiger charge is -2.12. The Bertz CT molecular complexity index is 855. The molecule has 0 aliphatic carbocycles. The normalized spacial score (nSPS) is 19.1. The van der Waals surface area contributed by atoms with E-state index in [1.807, 2.05) is 6.07 Å². The maximum Gasteiger partial charge on any atom is 0.350 e. The summed E-state index contributed by atoms with van der Waals surface area (Å²) >= 11 is 1.37. The second-order valence-corrected chi connectivity index (χ2v) is 6.84. The minimum absolute atomic E-state index is 0.0844. The summed E-state index contributed by atoms with van der Waals surface area (Å²) in [4.78, 5) is 38.9. The fourth-order valence-electron chi connectivity index (χ4n) is 2.36. The molecule has 1 aliphatic rings. The van der Waals surface area contributed by atoms with E-state index in [2.05, 4.69) is 10.3 Å². The third kappa shape index (κ3) is 4.50. The van der Waals surface area contributed by atoms with Gasteiger partial charge in [0, 0.05) is 13.1 Å². The molecule has 2 aromatic rings. The van der Waals surface area contributed by atoms with Gasteiger partial charge in [-0.1, -0.05) is 30.0 Å². The number of esters is 1. The summed E-state index contributed by atoms with van der Waals surface area (Å²) in [6.45, 7) is 1.72. The molecule has 2 atom stereocenters. The van der Waals surface area contributed by atoms with Crippen LogP contribution in [0.4, 0.5) is 5.82 Å². The monoisotopic (exact) mass is 375 g/mol. The van der Waals surface area contributed by atoms with Crippen LogP contribution in [0.1, 0.15) is 22.7 Å². The quantitative estimate of drug-likeness (QED) is 0.793. The molecule has 8 nitrogen and oxygen atoms in total. The summed E-state index contributed by atoms with van der Waals surface area (Å²) in [6.07, 6.45) is 1.56. The van der Waals surface area contributed by atoms with Crippen molar-refractivity contribution in [1.82, 2.24) is 9.55 Å². The Morgan fingerprint density at radius 3 is 2.81 bits per heavy atom. The van der Waals surface area contributed by atoms with Gasteiger partial charge in [0.25, 0.3) is 0 Å². The molecule has 1 aromatic carbocycles. The number of carbonyl (C=O) groups excluding carboxylic acids is 2. The number of nitrogens with one attached hydrogen (secondary N) is 1. The standard InChI is InChI=1S/C17H17N3O5S/c1-11(21)18-13-7-8-20(17(23)19-13)14-9-24-15(26-14)10-25-16(22)12-5-3-2-4-6-12/h2-8,14-15H,9-10H2,1H3,(H,18,19,21,23). The van der Waals surface area contributed by atoms with Crippen LogP contribution in [0.15, 0.2) is 47.4 Å². The molecule has 26 heavy (non-hydrogen) atoms. The van der Waals surface area contributed by atoms with Gasteiger partial charge < -0.3 is 14.8 Å². The number of rotatable bonds is 5. The van der Waals surface area contributed by atoms with Crippen molar-refractivity contribution in [3.8, 4) is 0 Å². The summed E-state index contributed by atoms with van der Waals surface area (Å²) in [5, 5.41) is 2.19. The summed E-state index contributed by atoms with van der Waals surface area (Å²) < 4.78 is 12.3. The molecule has 0 radical (unpaired) electrons. The van der Waals surface area contributed by atoms with E-state index in [1.165, 1.54) is 23.3 Å². The van der Waals surface area contributed by atoms with Crippen LogP contribution in [-0.2, 0) is 14.3 Å². The van der Waals surface area contributed by atoms with Crippen molar-refractivity contribution < 1.29 is 19.1 Å². The van der Waals surface area contributed by atoms with E-state index in [-0.39, 0.29) is 29.1 Å². The van der Waals surface area contributed by atoms with E-state index in [4.69, 9.17) is 9.47 Å². The minimum Gasteiger partial charge on any atom is -0.458 e. The first-order valence-electron chi connectivity index (χ1n) is 7.89. The number of ether oxygens (including phenoxy) is 2. The molecule has 9 heteroatoms. The number of nitrogens with zero attached hydrogens (tertiary/aromatic N) is 2. The number of anilines is 1. The van der Waals surface area contributed by atoms with Crippen molar-refractivity contribution >= 4 is 29.5 Å². The Morgan fingerprint density at radius 1 is 1.35 bits per heavy atom. The van der Waals surface area contributed by atoms with Gasteiger partial charge in [0.1, 0.15) is 23.2 Å². The van der Waals surface area contributed by atoms with Gasteiger partial charge in [0.15, 0.2) is 0 Å². The van der Waals surface area contributed by atoms with E-state index in [0.717, 1.165) is 0 Å². The molecule has 136 valence electrons. The first-order chi connectivity index (χ1) is 12.5. The third-order valence-electron chi connectivity index (χ3n) is 3.54. The zero-order valence-corrected chi connectivity index (χ0v) is 14.8. The smallest absolute Gasteiger partial charge is 0.350 e. The van der Waals surface area contributed by atoms with Gasteiger partial charge >= 0.3 is 11.7 Å². The third-order valence-corrected chi connectivity index (χ3v) is 4.79. The van der Waals surface area contributed by atoms with Crippen LogP contribution >= 0.6 is 11.8 Å². The molecule has 2 heterocycles. The number of thioether (sulfide) groups is 1. The van der Waals surface area contributed by atoms with Crippen LogP contribution in [-0.4, -0.2) is 40.1 Å². The van der Waals surface area contributed by atoms with Crippen LogP contribution in [0.2, 0.25) is 0 Å². The molecular formula is C17H17N3O5S. The van der Waals surface area contributed by atoms with Crippen molar-refractivity contribution in [2.75, 3.05) is 18.5 Å². The molecule has 0 bridgehead atoms. The highest BCUT2D eigenvalue weighted by atomic mass is 32.2. The van der Waals surface area contributed by atoms with E-state index in [1.54, 1.807) is 36.5 Å². The Hall–Kier alpha value is -2.65. The number of hydrogen-bond donors (Lipinski definition) is 1. The van der Waals surface area contributed by atoms with E-state index < -0.39 is 11.7 Å². The highest BCUT2D eigenvalue weighted by molar-refractivity contribution is 8.00. The predicted octanol–water partition coefficient (Wildman–Crippen LogP) is 1.65. The summed E-state index contributed by atoms with van der Waals surface area (Å²) in [6, 6.07) is 10.2. The molecule has 1 N–H and O–H groups in total. The van der Waals surface area contributed by atoms with E-state index >= 15 is 0 Å². The van der Waals surface area contributed by atoms with Crippen molar-refractivity contribution in [2.45, 2.75) is 17.7 Å². The number of amides is 1. The lowest BCUT2D eigenvalue weighted by Crippen LogP contribution is -2.27. The Balaban J connectivity index is 1.56. The first-order valence-corrected chi connectivity index (χ1v) is 8.83. The Labute approximate surface area is 153 Å². The lowest BCUT2D eigenvalue weighted by molar-refractivity contribution is -0.114. The molecule has 1 saturated heterocycles. The summed E-state index contributed by atoms with van der Waals surface area (Å²) in [5.41, 5.74) is -0.380. The highest BCUT2D eigenvalue weighted by Crippen LogP contribution is 2.34. The van der Waals surface area contributed by atoms with Crippen molar-refractivity contribution in [1.29, 1.82) is 0 Å². The van der Waals surface area contributed by atoms with Crippen molar-refractivity contribution in [3.05, 3.63) is 58.6 Å². The van der Waals surface area contributed by atoms with Crippen LogP contribution in [0.3, 0.4) is 0 Å². The van der Waals surface area contributed by atoms with Crippen LogP contribution in [0.25, 0.3) is 0 Å². The predicted molar refractivity (Wildman–Crippen MR) is 95.9 cm³/mol. The van der Waals surface area contributed by atoms with Gasteiger partial charge in [-0.15, -0.1) is 0 Å². The Kier molecular flexibility index (Phi) is 5.69. The molecule has 1 aromatic heterocycles. The minimum atomic E-state index is -0.487. The molecule has 1 fully saturated rings. The maximum atomic E-state index is 12.1. The average molecular weight is 375 g/mol. The second kappa shape index (κ2) is 8.15. The molecule has 3 rings (SSSR count). The molecule has 2 unspecified atom stereocenters. The Morgan fingerprint density at radius 2 is 2.12 bits per heavy atom. The molecule has 1 amide bonds. The SMILES string of the molecule is CC(=O)Nc1ccn(C2COC(COC(=O)c3ccccc3)S2)c(=O)n1. The van der Waals surface area contributed by atoms with E-state index in [9.17, 15) is 14.4 Å². The van der Waals surface area contributed by atoms with Crippen LogP contribution < -0.4 is 11.0 Å². The van der Waals surface area contributed by atoms with Gasteiger partial charge in [0.2, 0.25) is 5.91 Å². The number of hydrogen-bond acceptors (Lipinski definition) is 7. The van der Waals surface area contributed by atoms with Crippen LogP contribution in [0, 0.1) is 0 Å². The first kappa shape index (κ1) is 18.2. The van der Waals surface area contributed by atoms with E-state index in [0.29, 0.717) is 12.2 Å². The fourth-order valence-corrected chi connectivity index (χ4v) is 3.46. The van der Waals surface area contributed by atoms with Gasteiger partial charge in [-0.25, -0.2) is 9.59 Å². The van der Waals surface area contributed by atoms with Gasteiger partial charge in [0.05, 0.1) is 12.2 Å². The average Bonchev–Trinajstić information content (AvgIpc) is 3.08. The number of benzene rings is 1. The number of aromatic nitrogens is 2. The number of carbonyl (C=O) groups is 2. The second-order valence-electron chi connectivity index (χ2n) is 5.50. The van der Waals surface area contributed by atoms with Crippen molar-refractivity contribution in [2.24, 2.45) is 0 Å². The van der Waals surface area contributed by atoms with Gasteiger partial charge in [-0.05, 0) is 18.2 Å². The molecule has 0 spiro atoms. The highest BCUT2D eigenvalue weighted by Gasteiger charge is 2.29. The zero-order valence-electron chi connectivity index (χ0n) is 14.0. The van der Waals surface area contributed by atoms with Gasteiger partial charge in [-0.3, -0.25) is 9.36 Å². The summed E-state index contributed by atoms with van der Waals surface area (Å²) in [7, 11) is 0. The zero-order chi connectivity index (χ0) is 18.5. The molecular weight excluding hydrogens is 358 g/mol. The summed E-state index contributed by atoms with van der Waals surface area (Å²) in [5.74, 6) is -0.513. The van der Waals surface area contributed by atoms with Crippen molar-refractivity contribution in [3.63, 3.8) is 0 Å². The fraction of sp³-hybridized carbons (Fsp3) is 0.294. The van der Waals surface area contributed by atoms with Crippen LogP contribution in [0.5, 0.6) is 0 Å². The van der Waals surface area contributed by atoms with Gasteiger partial charge in [-0.2, -0.15) is 4.98 Å². The maximum absolute atomic E-state index is 12.1. The largest absolute Gasteiger partial charge is 0.458 e.